The molecule has 0 radical (unpaired) electrons. The molecule has 1 aliphatic heterocycles. The van der Waals surface area contributed by atoms with Crippen LogP contribution in [0.4, 0.5) is 0 Å². The van der Waals surface area contributed by atoms with Crippen molar-refractivity contribution in [2.45, 2.75) is 13.5 Å². The Hall–Kier alpha value is -2.70. The van der Waals surface area contributed by atoms with Crippen molar-refractivity contribution >= 4 is 46.8 Å². The molecule has 26 heavy (non-hydrogen) atoms. The zero-order chi connectivity index (χ0) is 18.7. The molecule has 0 saturated carbocycles. The molecule has 1 heterocycles. The maximum Gasteiger partial charge on any atom is 0.263 e. The van der Waals surface area contributed by atoms with Gasteiger partial charge >= 0.3 is 0 Å². The van der Waals surface area contributed by atoms with Gasteiger partial charge in [-0.15, -0.1) is 0 Å². The first-order chi connectivity index (χ1) is 12.4. The third kappa shape index (κ3) is 4.28. The Bertz CT molecular complexity index is 918. The number of hydrogen-bond acceptors (Lipinski definition) is 4. The maximum absolute atomic E-state index is 11.9. The summed E-state index contributed by atoms with van der Waals surface area (Å²) in [6.45, 7) is 2.41. The van der Waals surface area contributed by atoms with Crippen molar-refractivity contribution in [3.63, 3.8) is 0 Å². The molecule has 5 nitrogen and oxygen atoms in total. The van der Waals surface area contributed by atoms with Crippen molar-refractivity contribution < 1.29 is 14.3 Å². The van der Waals surface area contributed by atoms with Crippen LogP contribution in [0.25, 0.3) is 6.08 Å². The van der Waals surface area contributed by atoms with Gasteiger partial charge in [0.1, 0.15) is 17.9 Å². The van der Waals surface area contributed by atoms with E-state index in [1.807, 2.05) is 31.2 Å². The van der Waals surface area contributed by atoms with Crippen LogP contribution < -0.4 is 15.4 Å². The Morgan fingerprint density at radius 1 is 1.12 bits per heavy atom. The fourth-order valence-corrected chi connectivity index (χ4v) is 2.89. The van der Waals surface area contributed by atoms with E-state index in [-0.39, 0.29) is 10.7 Å². The second-order valence-corrected chi connectivity index (χ2v) is 6.58. The van der Waals surface area contributed by atoms with Gasteiger partial charge in [-0.05, 0) is 48.5 Å². The minimum Gasteiger partial charge on any atom is -0.487 e. The Labute approximate surface area is 161 Å². The van der Waals surface area contributed by atoms with E-state index in [0.717, 1.165) is 11.1 Å². The first kappa shape index (κ1) is 18.1. The number of carbonyl (C=O) groups is 2. The maximum atomic E-state index is 11.9. The van der Waals surface area contributed by atoms with Gasteiger partial charge in [0, 0.05) is 0 Å². The fourth-order valence-electron chi connectivity index (χ4n) is 2.46. The summed E-state index contributed by atoms with van der Waals surface area (Å²) in [6.07, 6.45) is 1.45. The monoisotopic (exact) mass is 386 g/mol. The molecule has 1 saturated heterocycles. The number of rotatable bonds is 4. The molecule has 3 rings (SSSR count). The number of thiocarbonyl (C=S) groups is 1. The van der Waals surface area contributed by atoms with Gasteiger partial charge in [-0.3, -0.25) is 20.2 Å². The third-order valence-corrected chi connectivity index (χ3v) is 4.19. The molecule has 0 aromatic heterocycles. The first-order valence-corrected chi connectivity index (χ1v) is 8.57. The van der Waals surface area contributed by atoms with Crippen molar-refractivity contribution in [2.24, 2.45) is 0 Å². The average Bonchev–Trinajstić information content (AvgIpc) is 2.57. The Morgan fingerprint density at radius 2 is 1.85 bits per heavy atom. The highest BCUT2D eigenvalue weighted by Crippen LogP contribution is 2.27. The number of nitrogens with one attached hydrogen (secondary N) is 2. The van der Waals surface area contributed by atoms with Crippen LogP contribution in [-0.2, 0) is 16.2 Å². The molecule has 2 N–H and O–H groups in total. The summed E-state index contributed by atoms with van der Waals surface area (Å²) >= 11 is 11.0. The van der Waals surface area contributed by atoms with Crippen molar-refractivity contribution in [3.8, 4) is 5.75 Å². The van der Waals surface area contributed by atoms with Gasteiger partial charge < -0.3 is 4.74 Å². The second-order valence-electron chi connectivity index (χ2n) is 5.76. The van der Waals surface area contributed by atoms with Crippen LogP contribution in [0.2, 0.25) is 5.02 Å². The fraction of sp³-hybridized carbons (Fsp3) is 0.105. The molecule has 0 unspecified atom stereocenters. The molecule has 2 amide bonds. The number of aryl methyl sites for hydroxylation is 1. The summed E-state index contributed by atoms with van der Waals surface area (Å²) in [5.74, 6) is -0.571. The summed E-state index contributed by atoms with van der Waals surface area (Å²) in [4.78, 5) is 23.7. The zero-order valence-electron chi connectivity index (χ0n) is 13.8. The summed E-state index contributed by atoms with van der Waals surface area (Å²) in [5, 5.41) is 5.15. The Balaban J connectivity index is 1.75. The van der Waals surface area contributed by atoms with E-state index in [4.69, 9.17) is 28.6 Å². The van der Waals surface area contributed by atoms with Gasteiger partial charge in [0.2, 0.25) is 0 Å². The quantitative estimate of drug-likeness (QED) is 0.481. The van der Waals surface area contributed by atoms with Gasteiger partial charge in [0.15, 0.2) is 5.11 Å². The van der Waals surface area contributed by atoms with Gasteiger partial charge in [0.25, 0.3) is 11.8 Å². The summed E-state index contributed by atoms with van der Waals surface area (Å²) in [5.41, 5.74) is 2.76. The smallest absolute Gasteiger partial charge is 0.263 e. The molecule has 2 aromatic rings. The lowest BCUT2D eigenvalue weighted by Gasteiger charge is -2.16. The Morgan fingerprint density at radius 3 is 2.50 bits per heavy atom. The predicted octanol–water partition coefficient (Wildman–Crippen LogP) is 3.14. The van der Waals surface area contributed by atoms with Crippen molar-refractivity contribution in [3.05, 3.63) is 69.8 Å². The predicted molar refractivity (Wildman–Crippen MR) is 104 cm³/mol. The standard InChI is InChI=1S/C19H15ClN2O3S/c1-11-3-2-4-13(7-11)10-25-16-6-5-12(9-15(16)20)8-14-17(23)21-19(26)22-18(14)24/h2-9H,10H2,1H3,(H2,21,22,23,24,26). The van der Waals surface area contributed by atoms with Crippen LogP contribution in [0.3, 0.4) is 0 Å². The average molecular weight is 387 g/mol. The van der Waals surface area contributed by atoms with Gasteiger partial charge in [-0.1, -0.05) is 47.5 Å². The molecule has 0 atom stereocenters. The third-order valence-electron chi connectivity index (χ3n) is 3.69. The van der Waals surface area contributed by atoms with E-state index in [1.54, 1.807) is 18.2 Å². The van der Waals surface area contributed by atoms with Crippen LogP contribution in [-0.4, -0.2) is 16.9 Å². The van der Waals surface area contributed by atoms with Crippen LogP contribution in [0.5, 0.6) is 5.75 Å². The summed E-state index contributed by atoms with van der Waals surface area (Å²) in [6, 6.07) is 13.1. The lowest BCUT2D eigenvalue weighted by molar-refractivity contribution is -0.123. The van der Waals surface area contributed by atoms with Crippen LogP contribution in [0.15, 0.2) is 48.0 Å². The molecule has 7 heteroatoms. The molecular formula is C19H15ClN2O3S. The van der Waals surface area contributed by atoms with Gasteiger partial charge in [-0.25, -0.2) is 0 Å². The van der Waals surface area contributed by atoms with E-state index in [1.165, 1.54) is 6.08 Å². The number of amides is 2. The van der Waals surface area contributed by atoms with E-state index < -0.39 is 11.8 Å². The second kappa shape index (κ2) is 7.68. The largest absolute Gasteiger partial charge is 0.487 e. The van der Waals surface area contributed by atoms with E-state index in [2.05, 4.69) is 10.6 Å². The van der Waals surface area contributed by atoms with E-state index in [9.17, 15) is 9.59 Å². The SMILES string of the molecule is Cc1cccc(COc2ccc(C=C3C(=O)NC(=S)NC3=O)cc2Cl)c1. The lowest BCUT2D eigenvalue weighted by Crippen LogP contribution is -2.51. The van der Waals surface area contributed by atoms with Crippen LogP contribution >= 0.6 is 23.8 Å². The first-order valence-electron chi connectivity index (χ1n) is 7.78. The van der Waals surface area contributed by atoms with Crippen molar-refractivity contribution in [1.82, 2.24) is 10.6 Å². The minimum absolute atomic E-state index is 0.00456. The molecule has 0 spiro atoms. The number of carbonyl (C=O) groups excluding carboxylic acids is 2. The number of benzene rings is 2. The molecule has 1 aliphatic rings. The summed E-state index contributed by atoms with van der Waals surface area (Å²) < 4.78 is 5.75. The highest BCUT2D eigenvalue weighted by atomic mass is 35.5. The van der Waals surface area contributed by atoms with Gasteiger partial charge in [0.05, 0.1) is 5.02 Å². The number of halogens is 1. The number of hydrogen-bond donors (Lipinski definition) is 2. The normalized spacial score (nSPS) is 13.9. The van der Waals surface area contributed by atoms with Crippen LogP contribution in [0.1, 0.15) is 16.7 Å². The molecule has 0 aliphatic carbocycles. The zero-order valence-corrected chi connectivity index (χ0v) is 15.4. The molecule has 2 aromatic carbocycles. The molecular weight excluding hydrogens is 372 g/mol. The molecule has 1 fully saturated rings. The van der Waals surface area contributed by atoms with E-state index >= 15 is 0 Å². The number of ether oxygens (including phenoxy) is 1. The minimum atomic E-state index is -0.547. The summed E-state index contributed by atoms with van der Waals surface area (Å²) in [7, 11) is 0. The van der Waals surface area contributed by atoms with Crippen molar-refractivity contribution in [2.75, 3.05) is 0 Å². The topological polar surface area (TPSA) is 67.4 Å². The van der Waals surface area contributed by atoms with Crippen molar-refractivity contribution in [1.29, 1.82) is 0 Å². The highest BCUT2D eigenvalue weighted by molar-refractivity contribution is 7.80. The highest BCUT2D eigenvalue weighted by Gasteiger charge is 2.25. The van der Waals surface area contributed by atoms with Gasteiger partial charge in [-0.2, -0.15) is 0 Å². The lowest BCUT2D eigenvalue weighted by atomic mass is 10.1. The van der Waals surface area contributed by atoms with Crippen LogP contribution in [0, 0.1) is 6.92 Å². The van der Waals surface area contributed by atoms with E-state index in [0.29, 0.717) is 22.9 Å². The Kier molecular flexibility index (Phi) is 5.35. The molecule has 132 valence electrons. The molecule has 0 bridgehead atoms.